The van der Waals surface area contributed by atoms with Crippen LogP contribution in [-0.2, 0) is 22.3 Å². The van der Waals surface area contributed by atoms with E-state index in [0.29, 0.717) is 50.6 Å². The van der Waals surface area contributed by atoms with Crippen LogP contribution in [0.5, 0.6) is 0 Å². The first-order valence-electron chi connectivity index (χ1n) is 13.4. The summed E-state index contributed by atoms with van der Waals surface area (Å²) in [6.07, 6.45) is 0.925. The van der Waals surface area contributed by atoms with E-state index < -0.39 is 24.7 Å². The lowest BCUT2D eigenvalue weighted by Crippen LogP contribution is -2.40. The second-order valence-corrected chi connectivity index (χ2v) is 9.73. The predicted molar refractivity (Wildman–Crippen MR) is 133 cm³/mol. The van der Waals surface area contributed by atoms with Gasteiger partial charge in [-0.2, -0.15) is 13.2 Å². The van der Waals surface area contributed by atoms with E-state index in [-0.39, 0.29) is 23.9 Å². The Morgan fingerprint density at radius 1 is 0.897 bits per heavy atom. The standard InChI is InChI=1S/C14H19F3N2O3.C12H18N2O3/c1-2-21-13(20)12-8-11(22-18-12)7-10-3-5-19(6-4-10)9-14(15,16)17;1-2-16-12(15)11-8-10(17-14-11)7-9-3-5-13-6-4-9/h8,10H,2-7,9H2,1H3;8-9,13H,2-7H2,1H3. The minimum absolute atomic E-state index is 0.131. The maximum Gasteiger partial charge on any atom is 0.401 e. The van der Waals surface area contributed by atoms with Gasteiger partial charge in [-0.3, -0.25) is 4.90 Å². The normalized spacial score (nSPS) is 17.4. The molecule has 13 heteroatoms. The third-order valence-corrected chi connectivity index (χ3v) is 6.64. The van der Waals surface area contributed by atoms with E-state index in [9.17, 15) is 22.8 Å². The van der Waals surface area contributed by atoms with Crippen molar-refractivity contribution in [2.24, 2.45) is 11.8 Å². The first-order chi connectivity index (χ1) is 18.7. The number of halogens is 3. The SMILES string of the molecule is CCOC(=O)c1cc(CC2CCN(CC(F)(F)F)CC2)on1.CCOC(=O)c1cc(CC2CCNCC2)on1. The van der Waals surface area contributed by atoms with Crippen LogP contribution in [0.15, 0.2) is 21.2 Å². The molecule has 2 fully saturated rings. The number of rotatable bonds is 9. The van der Waals surface area contributed by atoms with Crippen LogP contribution in [0.4, 0.5) is 13.2 Å². The summed E-state index contributed by atoms with van der Waals surface area (Å²) in [5.74, 6) is 1.27. The first-order valence-corrected chi connectivity index (χ1v) is 13.4. The minimum Gasteiger partial charge on any atom is -0.461 e. The van der Waals surface area contributed by atoms with E-state index >= 15 is 0 Å². The van der Waals surface area contributed by atoms with Crippen molar-refractivity contribution in [2.45, 2.75) is 58.5 Å². The Labute approximate surface area is 225 Å². The Hall–Kier alpha value is -2.93. The molecule has 0 bridgehead atoms. The van der Waals surface area contributed by atoms with Crippen molar-refractivity contribution < 1.29 is 41.3 Å². The summed E-state index contributed by atoms with van der Waals surface area (Å²) in [4.78, 5) is 24.3. The van der Waals surface area contributed by atoms with Crippen molar-refractivity contribution in [3.8, 4) is 0 Å². The van der Waals surface area contributed by atoms with Crippen LogP contribution < -0.4 is 5.32 Å². The number of alkyl halides is 3. The quantitative estimate of drug-likeness (QED) is 0.451. The summed E-state index contributed by atoms with van der Waals surface area (Å²) in [6.45, 7) is 6.20. The molecule has 0 radical (unpaired) electrons. The summed E-state index contributed by atoms with van der Waals surface area (Å²) < 4.78 is 56.9. The van der Waals surface area contributed by atoms with Crippen LogP contribution >= 0.6 is 0 Å². The monoisotopic (exact) mass is 558 g/mol. The van der Waals surface area contributed by atoms with Crippen molar-refractivity contribution in [1.82, 2.24) is 20.5 Å². The lowest BCUT2D eigenvalue weighted by atomic mass is 9.92. The van der Waals surface area contributed by atoms with Crippen molar-refractivity contribution in [3.63, 3.8) is 0 Å². The van der Waals surface area contributed by atoms with Gasteiger partial charge in [0, 0.05) is 25.0 Å². The van der Waals surface area contributed by atoms with Gasteiger partial charge >= 0.3 is 18.1 Å². The molecule has 2 aromatic heterocycles. The molecule has 2 aromatic rings. The van der Waals surface area contributed by atoms with Gasteiger partial charge in [-0.05, 0) is 77.5 Å². The van der Waals surface area contributed by atoms with Crippen molar-refractivity contribution in [2.75, 3.05) is 45.9 Å². The van der Waals surface area contributed by atoms with E-state index in [1.54, 1.807) is 26.0 Å². The fourth-order valence-corrected chi connectivity index (χ4v) is 4.68. The predicted octanol–water partition coefficient (Wildman–Crippen LogP) is 4.06. The number of carbonyl (C=O) groups excluding carboxylic acids is 2. The lowest BCUT2D eigenvalue weighted by molar-refractivity contribution is -0.148. The van der Waals surface area contributed by atoms with Crippen molar-refractivity contribution >= 4 is 11.9 Å². The molecule has 0 spiro atoms. The Bertz CT molecular complexity index is 1030. The van der Waals surface area contributed by atoms with Gasteiger partial charge in [0.1, 0.15) is 11.5 Å². The van der Waals surface area contributed by atoms with Crippen molar-refractivity contribution in [1.29, 1.82) is 0 Å². The topological polar surface area (TPSA) is 120 Å². The van der Waals surface area contributed by atoms with Gasteiger partial charge in [0.25, 0.3) is 0 Å². The molecule has 0 atom stereocenters. The molecule has 0 aromatic carbocycles. The summed E-state index contributed by atoms with van der Waals surface area (Å²) in [5.41, 5.74) is 0.405. The average molecular weight is 559 g/mol. The first kappa shape index (κ1) is 30.6. The van der Waals surface area contributed by atoms with Gasteiger partial charge in [-0.25, -0.2) is 9.59 Å². The number of hydrogen-bond donors (Lipinski definition) is 1. The van der Waals surface area contributed by atoms with E-state index in [2.05, 4.69) is 15.6 Å². The fourth-order valence-electron chi connectivity index (χ4n) is 4.68. The third kappa shape index (κ3) is 10.6. The Morgan fingerprint density at radius 2 is 1.36 bits per heavy atom. The largest absolute Gasteiger partial charge is 0.461 e. The zero-order valence-electron chi connectivity index (χ0n) is 22.4. The van der Waals surface area contributed by atoms with Crippen LogP contribution in [0.2, 0.25) is 0 Å². The highest BCUT2D eigenvalue weighted by Gasteiger charge is 2.32. The Morgan fingerprint density at radius 3 is 1.79 bits per heavy atom. The smallest absolute Gasteiger partial charge is 0.401 e. The number of esters is 2. The summed E-state index contributed by atoms with van der Waals surface area (Å²) >= 11 is 0. The van der Waals surface area contributed by atoms with Gasteiger partial charge in [-0.1, -0.05) is 10.3 Å². The zero-order chi connectivity index (χ0) is 28.3. The molecule has 1 N–H and O–H groups in total. The molecule has 2 aliphatic rings. The number of nitrogens with zero attached hydrogens (tertiary/aromatic N) is 3. The molecular weight excluding hydrogens is 521 g/mol. The molecular formula is C26H37F3N4O6. The number of nitrogens with one attached hydrogen (secondary N) is 1. The number of carbonyl (C=O) groups is 2. The number of ether oxygens (including phenoxy) is 2. The number of piperidine rings is 2. The van der Waals surface area contributed by atoms with Gasteiger partial charge in [0.2, 0.25) is 0 Å². The molecule has 0 aliphatic carbocycles. The van der Waals surface area contributed by atoms with Crippen LogP contribution in [0.3, 0.4) is 0 Å². The van der Waals surface area contributed by atoms with Crippen molar-refractivity contribution in [3.05, 3.63) is 35.0 Å². The van der Waals surface area contributed by atoms with Crippen LogP contribution in [0.1, 0.15) is 72.0 Å². The van der Waals surface area contributed by atoms with Crippen LogP contribution in [0, 0.1) is 11.8 Å². The highest BCUT2D eigenvalue weighted by atomic mass is 19.4. The lowest BCUT2D eigenvalue weighted by Gasteiger charge is -2.31. The summed E-state index contributed by atoms with van der Waals surface area (Å²) in [6, 6.07) is 3.24. The third-order valence-electron chi connectivity index (χ3n) is 6.64. The minimum atomic E-state index is -4.15. The molecule has 2 saturated heterocycles. The van der Waals surface area contributed by atoms with Gasteiger partial charge in [-0.15, -0.1) is 0 Å². The highest BCUT2D eigenvalue weighted by Crippen LogP contribution is 2.25. The van der Waals surface area contributed by atoms with E-state index in [1.807, 2.05) is 0 Å². The average Bonchev–Trinajstić information content (AvgIpc) is 3.56. The molecule has 218 valence electrons. The molecule has 4 heterocycles. The van der Waals surface area contributed by atoms with E-state index in [0.717, 1.165) is 38.1 Å². The van der Waals surface area contributed by atoms with Gasteiger partial charge in [0.05, 0.1) is 19.8 Å². The summed E-state index contributed by atoms with van der Waals surface area (Å²) in [5, 5.41) is 10.7. The number of aromatic nitrogens is 2. The molecule has 0 saturated carbocycles. The molecule has 10 nitrogen and oxygen atoms in total. The number of hydrogen-bond acceptors (Lipinski definition) is 10. The molecule has 4 rings (SSSR count). The van der Waals surface area contributed by atoms with Crippen LogP contribution in [0.25, 0.3) is 0 Å². The van der Waals surface area contributed by atoms with E-state index in [1.165, 1.54) is 4.90 Å². The second kappa shape index (κ2) is 15.0. The van der Waals surface area contributed by atoms with Crippen LogP contribution in [-0.4, -0.2) is 79.3 Å². The molecule has 0 unspecified atom stereocenters. The highest BCUT2D eigenvalue weighted by molar-refractivity contribution is 5.87. The maximum absolute atomic E-state index is 12.3. The van der Waals surface area contributed by atoms with Gasteiger partial charge in [0.15, 0.2) is 11.4 Å². The molecule has 2 aliphatic heterocycles. The Kier molecular flexibility index (Phi) is 11.8. The summed E-state index contributed by atoms with van der Waals surface area (Å²) in [7, 11) is 0. The molecule has 39 heavy (non-hydrogen) atoms. The Balaban J connectivity index is 0.000000223. The molecule has 0 amide bonds. The zero-order valence-corrected chi connectivity index (χ0v) is 22.4. The maximum atomic E-state index is 12.3. The fraction of sp³-hybridized carbons (Fsp3) is 0.692. The van der Waals surface area contributed by atoms with E-state index in [4.69, 9.17) is 18.5 Å². The van der Waals surface area contributed by atoms with Gasteiger partial charge < -0.3 is 23.8 Å². The second-order valence-electron chi connectivity index (χ2n) is 9.73. The number of likely N-dealkylation sites (tertiary alicyclic amines) is 1.